The summed E-state index contributed by atoms with van der Waals surface area (Å²) in [6.45, 7) is -0.320. The summed E-state index contributed by atoms with van der Waals surface area (Å²) in [5, 5.41) is -0.0303. The van der Waals surface area contributed by atoms with Gasteiger partial charge < -0.3 is 9.30 Å². The van der Waals surface area contributed by atoms with E-state index in [4.69, 9.17) is 27.9 Å². The van der Waals surface area contributed by atoms with Gasteiger partial charge in [0.25, 0.3) is 6.43 Å². The summed E-state index contributed by atoms with van der Waals surface area (Å²) < 4.78 is 43.9. The third-order valence-corrected chi connectivity index (χ3v) is 3.22. The van der Waals surface area contributed by atoms with E-state index in [1.807, 2.05) is 0 Å². The van der Waals surface area contributed by atoms with Crippen molar-refractivity contribution in [1.29, 1.82) is 0 Å². The third-order valence-electron chi connectivity index (χ3n) is 2.69. The van der Waals surface area contributed by atoms with Gasteiger partial charge in [-0.3, -0.25) is 0 Å². The molecule has 2 rings (SSSR count). The second kappa shape index (κ2) is 6.65. The molecule has 1 heterocycles. The molecule has 0 aliphatic rings. The van der Waals surface area contributed by atoms with Gasteiger partial charge in [-0.2, -0.15) is 0 Å². The Morgan fingerprint density at radius 1 is 1.35 bits per heavy atom. The molecule has 2 aromatic rings. The molecule has 0 unspecified atom stereocenters. The zero-order valence-electron chi connectivity index (χ0n) is 10.3. The van der Waals surface area contributed by atoms with E-state index in [9.17, 15) is 13.2 Å². The van der Waals surface area contributed by atoms with Gasteiger partial charge in [-0.25, -0.2) is 18.2 Å². The first-order valence-corrected chi connectivity index (χ1v) is 6.70. The summed E-state index contributed by atoms with van der Waals surface area (Å²) in [7, 11) is 0. The summed E-state index contributed by atoms with van der Waals surface area (Å²) in [6.07, 6.45) is -2.52. The maximum absolute atomic E-state index is 13.5. The van der Waals surface area contributed by atoms with Gasteiger partial charge in [0.05, 0.1) is 28.5 Å². The fourth-order valence-electron chi connectivity index (χ4n) is 1.85. The molecule has 0 saturated carbocycles. The number of hydrogen-bond acceptors (Lipinski definition) is 2. The lowest BCUT2D eigenvalue weighted by Crippen LogP contribution is -2.12. The Morgan fingerprint density at radius 2 is 2.10 bits per heavy atom. The van der Waals surface area contributed by atoms with Gasteiger partial charge in [0.2, 0.25) is 0 Å². The minimum Gasteiger partial charge on any atom is -0.374 e. The molecule has 0 amide bonds. The van der Waals surface area contributed by atoms with Crippen LogP contribution in [0.1, 0.15) is 5.82 Å². The van der Waals surface area contributed by atoms with Crippen LogP contribution in [0.3, 0.4) is 0 Å². The van der Waals surface area contributed by atoms with Crippen molar-refractivity contribution in [3.8, 4) is 0 Å². The van der Waals surface area contributed by atoms with Crippen molar-refractivity contribution in [1.82, 2.24) is 9.55 Å². The van der Waals surface area contributed by atoms with Crippen molar-refractivity contribution in [2.45, 2.75) is 18.9 Å². The number of fused-ring (bicyclic) bond motifs is 1. The van der Waals surface area contributed by atoms with E-state index in [1.165, 1.54) is 12.1 Å². The topological polar surface area (TPSA) is 27.1 Å². The molecule has 0 atom stereocenters. The molecular formula is C12H11Cl2F3N2O. The fraction of sp³-hybridized carbons (Fsp3) is 0.417. The van der Waals surface area contributed by atoms with Crippen molar-refractivity contribution in [2.75, 3.05) is 13.2 Å². The molecule has 0 fully saturated rings. The van der Waals surface area contributed by atoms with E-state index in [2.05, 4.69) is 4.98 Å². The van der Waals surface area contributed by atoms with Crippen LogP contribution in [0.2, 0.25) is 5.02 Å². The van der Waals surface area contributed by atoms with Crippen LogP contribution < -0.4 is 0 Å². The predicted octanol–water partition coefficient (Wildman–Crippen LogP) is 3.85. The second-order valence-electron chi connectivity index (χ2n) is 4.03. The molecule has 0 N–H and O–H groups in total. The lowest BCUT2D eigenvalue weighted by Gasteiger charge is -2.08. The van der Waals surface area contributed by atoms with Crippen LogP contribution in [0.4, 0.5) is 13.2 Å². The number of hydrogen-bond donors (Lipinski definition) is 0. The maximum Gasteiger partial charge on any atom is 0.261 e. The van der Waals surface area contributed by atoms with Crippen LogP contribution in [-0.4, -0.2) is 29.2 Å². The Labute approximate surface area is 123 Å². The molecule has 0 radical (unpaired) electrons. The summed E-state index contributed by atoms with van der Waals surface area (Å²) in [5.74, 6) is 0.0434. The zero-order chi connectivity index (χ0) is 14.7. The lowest BCUT2D eigenvalue weighted by molar-refractivity contribution is 0.0149. The summed E-state index contributed by atoms with van der Waals surface area (Å²) in [5.41, 5.74) is 1.00. The number of alkyl halides is 3. The van der Waals surface area contributed by atoms with Gasteiger partial charge in [-0.15, -0.1) is 11.6 Å². The molecule has 110 valence electrons. The first kappa shape index (κ1) is 15.4. The average molecular weight is 327 g/mol. The highest BCUT2D eigenvalue weighted by Gasteiger charge is 2.13. The van der Waals surface area contributed by atoms with E-state index in [0.29, 0.717) is 16.9 Å². The second-order valence-corrected chi connectivity index (χ2v) is 4.71. The van der Waals surface area contributed by atoms with Gasteiger partial charge >= 0.3 is 0 Å². The monoisotopic (exact) mass is 326 g/mol. The Hall–Kier alpha value is -0.980. The van der Waals surface area contributed by atoms with Gasteiger partial charge in [0, 0.05) is 12.6 Å². The minimum absolute atomic E-state index is 0.0303. The number of imidazole rings is 1. The van der Waals surface area contributed by atoms with Crippen molar-refractivity contribution >= 4 is 34.2 Å². The summed E-state index contributed by atoms with van der Waals surface area (Å²) in [6, 6.07) is 2.65. The SMILES string of the molecule is Fc1cc2c(cc1Cl)nc(CCl)n2CCOCC(F)F. The molecule has 1 aromatic heterocycles. The smallest absolute Gasteiger partial charge is 0.261 e. The molecule has 0 aliphatic heterocycles. The summed E-state index contributed by atoms with van der Waals surface area (Å²) in [4.78, 5) is 4.22. The Morgan fingerprint density at radius 3 is 2.75 bits per heavy atom. The highest BCUT2D eigenvalue weighted by Crippen LogP contribution is 2.24. The Balaban J connectivity index is 2.23. The van der Waals surface area contributed by atoms with Gasteiger partial charge in [0.15, 0.2) is 0 Å². The standard InChI is InChI=1S/C12H11Cl2F3N2O/c13-5-12-18-9-3-7(14)8(15)4-10(9)19(12)1-2-20-6-11(16)17/h3-4,11H,1-2,5-6H2. The largest absolute Gasteiger partial charge is 0.374 e. The van der Waals surface area contributed by atoms with E-state index in [-0.39, 0.29) is 24.1 Å². The Kier molecular flexibility index (Phi) is 5.12. The first-order valence-electron chi connectivity index (χ1n) is 5.79. The molecule has 3 nitrogen and oxygen atoms in total. The van der Waals surface area contributed by atoms with Crippen LogP contribution >= 0.6 is 23.2 Å². The van der Waals surface area contributed by atoms with E-state index in [1.54, 1.807) is 4.57 Å². The molecule has 0 saturated heterocycles. The molecule has 1 aromatic carbocycles. The molecule has 0 spiro atoms. The van der Waals surface area contributed by atoms with Crippen LogP contribution in [0, 0.1) is 5.82 Å². The zero-order valence-corrected chi connectivity index (χ0v) is 11.8. The van der Waals surface area contributed by atoms with E-state index in [0.717, 1.165) is 0 Å². The lowest BCUT2D eigenvalue weighted by atomic mass is 10.3. The quantitative estimate of drug-likeness (QED) is 0.595. The van der Waals surface area contributed by atoms with Crippen LogP contribution in [0.5, 0.6) is 0 Å². The van der Waals surface area contributed by atoms with Crippen molar-refractivity contribution in [3.05, 3.63) is 28.8 Å². The fourth-order valence-corrected chi connectivity index (χ4v) is 2.21. The van der Waals surface area contributed by atoms with E-state index >= 15 is 0 Å². The highest BCUT2D eigenvalue weighted by atomic mass is 35.5. The van der Waals surface area contributed by atoms with Crippen LogP contribution in [0.15, 0.2) is 12.1 Å². The van der Waals surface area contributed by atoms with Gasteiger partial charge in [-0.1, -0.05) is 11.6 Å². The van der Waals surface area contributed by atoms with Gasteiger partial charge in [0.1, 0.15) is 18.2 Å². The number of rotatable bonds is 6. The molecular weight excluding hydrogens is 316 g/mol. The van der Waals surface area contributed by atoms with Crippen molar-refractivity contribution in [2.24, 2.45) is 0 Å². The number of halogens is 5. The number of nitrogens with zero attached hydrogens (tertiary/aromatic N) is 2. The van der Waals surface area contributed by atoms with E-state index < -0.39 is 18.8 Å². The first-order chi connectivity index (χ1) is 9.52. The molecule has 0 aliphatic carbocycles. The van der Waals surface area contributed by atoms with Crippen molar-refractivity contribution < 1.29 is 17.9 Å². The van der Waals surface area contributed by atoms with Crippen LogP contribution in [-0.2, 0) is 17.2 Å². The number of ether oxygens (including phenoxy) is 1. The number of aromatic nitrogens is 2. The number of benzene rings is 1. The molecule has 20 heavy (non-hydrogen) atoms. The minimum atomic E-state index is -2.52. The maximum atomic E-state index is 13.5. The third kappa shape index (κ3) is 3.37. The van der Waals surface area contributed by atoms with Crippen LogP contribution in [0.25, 0.3) is 11.0 Å². The summed E-state index contributed by atoms with van der Waals surface area (Å²) >= 11 is 11.5. The molecule has 8 heteroatoms. The predicted molar refractivity (Wildman–Crippen MR) is 71.1 cm³/mol. The normalized spacial score (nSPS) is 11.7. The Bertz CT molecular complexity index is 604. The average Bonchev–Trinajstić information content (AvgIpc) is 2.72. The highest BCUT2D eigenvalue weighted by molar-refractivity contribution is 6.31. The van der Waals surface area contributed by atoms with Gasteiger partial charge in [-0.05, 0) is 6.07 Å². The van der Waals surface area contributed by atoms with Crippen molar-refractivity contribution in [3.63, 3.8) is 0 Å². The molecule has 0 bridgehead atoms.